The smallest absolute Gasteiger partial charge is 0.394 e. The SMILES string of the molecule is CC1=C2CC(C)(C)C(=N2)C=C2NC(=C(C)C3=NC([C@@H]4N=C1[C@](C)(CCC(=O)NC[C@@H](C)OP(=O)(O)O[C@H]1[C@@H](O)[C@@H](n5cnc6cc(C)c(C)cc65)O[C@@H]1CO)[C@H]4CC(N)=O)[C@@](C)(CC(N)=O)[C@@H]3CCC(N)=O)[C@@](C)(CC(N)=O)[C@@H]2CCC(N)=O. The number of aliphatic hydroxyl groups excluding tert-OH is 2. The van der Waals surface area contributed by atoms with Crippen LogP contribution in [0.3, 0.4) is 0 Å². The lowest BCUT2D eigenvalue weighted by atomic mass is 9.60. The average Bonchev–Trinajstić information content (AvgIpc) is 1.60. The number of primary amides is 5. The minimum absolute atomic E-state index is 0.0150. The predicted octanol–water partition coefficient (Wildman–Crippen LogP) is 3.28. The highest BCUT2D eigenvalue weighted by Gasteiger charge is 2.61. The Labute approximate surface area is 488 Å². The van der Waals surface area contributed by atoms with Gasteiger partial charge < -0.3 is 63.7 Å². The van der Waals surface area contributed by atoms with Crippen molar-refractivity contribution < 1.29 is 62.2 Å². The summed E-state index contributed by atoms with van der Waals surface area (Å²) in [4.78, 5) is 111. The topological polar surface area (TPSA) is 417 Å². The lowest BCUT2D eigenvalue weighted by Gasteiger charge is -2.41. The van der Waals surface area contributed by atoms with Crippen LogP contribution in [0.15, 0.2) is 67.8 Å². The van der Waals surface area contributed by atoms with Gasteiger partial charge >= 0.3 is 7.82 Å². The Morgan fingerprint density at radius 3 is 2.13 bits per heavy atom. The number of aliphatic hydroxyl groups is 2. The number of phosphoric acid groups is 1. The third-order valence-corrected chi connectivity index (χ3v) is 19.8. The molecule has 8 bridgehead atoms. The summed E-state index contributed by atoms with van der Waals surface area (Å²) >= 11 is 0. The zero-order valence-corrected chi connectivity index (χ0v) is 50.5. The molecule has 0 spiro atoms. The number of imidazole rings is 1. The number of amides is 6. The van der Waals surface area contributed by atoms with Gasteiger partial charge in [-0.25, -0.2) is 9.55 Å². The van der Waals surface area contributed by atoms with Gasteiger partial charge in [-0.1, -0.05) is 34.6 Å². The maximum Gasteiger partial charge on any atom is 0.472 e. The molecule has 6 aliphatic heterocycles. The van der Waals surface area contributed by atoms with Gasteiger partial charge in [-0.3, -0.25) is 52.8 Å². The Kier molecular flexibility index (Phi) is 18.0. The Morgan fingerprint density at radius 1 is 0.869 bits per heavy atom. The molecule has 7 heterocycles. The third kappa shape index (κ3) is 12.3. The number of nitrogens with two attached hydrogens (primary N) is 5. The standard InChI is InChI=1S/C58H83N12O13P/c1-27-17-36-38(18-28(27)2)70(26-65-36)54-49(78)50(39(25-71)81-54)83-84(79,80)82-29(3)24-64-46(77)15-16-56(8)34(19-43(61)74)48-53-58(10,23-45(63)76)33(12-14-42(60)73)47(68-53)31(5)52-57(9,22-44(62)75)32(11-13-41(59)72)35(67-52)20-40-55(6,7)21-37(66-40)30(4)51(56)69-48/h17-18,20,26,29,32-34,39,48-50,53-54,67,71,78H,11-16,19,21-25H2,1-10H3,(H2,59,72)(H2,60,73)(H2,61,74)(H2,62,75)(H2,63,76)(H,64,77)(H,79,80)/t29-,32-,33-,34+,39-,48-,49-,50-,53?,54+,56-,57+,58+/m1/s1. The molecule has 15 N–H and O–H groups in total. The third-order valence-electron chi connectivity index (χ3n) is 18.7. The van der Waals surface area contributed by atoms with Crippen molar-refractivity contribution in [2.45, 2.75) is 176 Å². The highest BCUT2D eigenvalue weighted by molar-refractivity contribution is 7.47. The maximum atomic E-state index is 14.1. The zero-order valence-electron chi connectivity index (χ0n) is 49.6. The quantitative estimate of drug-likeness (QED) is 0.0714. The molecule has 1 aromatic heterocycles. The van der Waals surface area contributed by atoms with Gasteiger partial charge in [-0.05, 0) is 94.4 Å². The van der Waals surface area contributed by atoms with E-state index < -0.39 is 132 Å². The first-order valence-corrected chi connectivity index (χ1v) is 30.1. The fraction of sp³-hybridized carbons (Fsp3) is 0.621. The number of fused-ring (bicyclic) bond motifs is 7. The van der Waals surface area contributed by atoms with E-state index in [1.54, 1.807) is 4.57 Å². The second kappa shape index (κ2) is 23.8. The van der Waals surface area contributed by atoms with Crippen LogP contribution in [-0.2, 0) is 47.1 Å². The number of ether oxygens (including phenoxy) is 1. The number of aromatic nitrogens is 2. The van der Waals surface area contributed by atoms with Crippen molar-refractivity contribution in [2.24, 2.45) is 83.1 Å². The highest BCUT2D eigenvalue weighted by Crippen LogP contribution is 2.58. The summed E-state index contributed by atoms with van der Waals surface area (Å²) < 4.78 is 32.1. The van der Waals surface area contributed by atoms with Gasteiger partial charge in [0.25, 0.3) is 0 Å². The first-order chi connectivity index (χ1) is 39.1. The summed E-state index contributed by atoms with van der Waals surface area (Å²) in [5.74, 6) is -5.54. The maximum absolute atomic E-state index is 14.1. The molecule has 1 aromatic carbocycles. The van der Waals surface area contributed by atoms with Crippen LogP contribution in [0.4, 0.5) is 0 Å². The summed E-state index contributed by atoms with van der Waals surface area (Å²) in [6.45, 7) is 17.8. The molecule has 0 aliphatic carbocycles. The van der Waals surface area contributed by atoms with Crippen molar-refractivity contribution in [3.8, 4) is 0 Å². The summed E-state index contributed by atoms with van der Waals surface area (Å²) in [6.07, 6.45) is -3.21. The Hall–Kier alpha value is -6.47. The van der Waals surface area contributed by atoms with Crippen LogP contribution < -0.4 is 39.3 Å². The van der Waals surface area contributed by atoms with Gasteiger partial charge in [0, 0.05) is 125 Å². The Bertz CT molecular complexity index is 3290. The fourth-order valence-electron chi connectivity index (χ4n) is 14.2. The fourth-order valence-corrected chi connectivity index (χ4v) is 15.3. The van der Waals surface area contributed by atoms with E-state index in [4.69, 9.17) is 57.4 Å². The van der Waals surface area contributed by atoms with Gasteiger partial charge in [-0.2, -0.15) is 0 Å². The van der Waals surface area contributed by atoms with Crippen LogP contribution in [0.5, 0.6) is 0 Å². The molecule has 8 rings (SSSR count). The van der Waals surface area contributed by atoms with Crippen molar-refractivity contribution >= 4 is 71.4 Å². The van der Waals surface area contributed by atoms with Crippen LogP contribution in [0.25, 0.3) is 11.0 Å². The molecule has 458 valence electrons. The van der Waals surface area contributed by atoms with Gasteiger partial charge in [0.2, 0.25) is 35.4 Å². The van der Waals surface area contributed by atoms with E-state index in [1.165, 1.54) is 13.3 Å². The van der Waals surface area contributed by atoms with Gasteiger partial charge in [0.15, 0.2) is 6.23 Å². The summed E-state index contributed by atoms with van der Waals surface area (Å²) in [5.41, 5.74) is 34.1. The van der Waals surface area contributed by atoms with Crippen LogP contribution >= 0.6 is 7.82 Å². The molecule has 84 heavy (non-hydrogen) atoms. The van der Waals surface area contributed by atoms with E-state index in [1.807, 2.05) is 80.5 Å². The van der Waals surface area contributed by atoms with Crippen LogP contribution in [0.2, 0.25) is 0 Å². The van der Waals surface area contributed by atoms with Crippen molar-refractivity contribution in [2.75, 3.05) is 13.2 Å². The lowest BCUT2D eigenvalue weighted by molar-refractivity contribution is -0.123. The average molecular weight is 1190 g/mol. The second-order valence-corrected chi connectivity index (χ2v) is 26.7. The summed E-state index contributed by atoms with van der Waals surface area (Å²) in [7, 11) is -5.02. The second-order valence-electron chi connectivity index (χ2n) is 25.4. The number of carbonyl (C=O) groups is 6. The number of phosphoric ester groups is 1. The number of nitrogens with one attached hydrogen (secondary N) is 2. The summed E-state index contributed by atoms with van der Waals surface area (Å²) in [5, 5.41) is 28.1. The number of carbonyl (C=O) groups excluding carboxylic acids is 6. The van der Waals surface area contributed by atoms with Crippen LogP contribution in [-0.4, -0.2) is 127 Å². The monoisotopic (exact) mass is 1190 g/mol. The van der Waals surface area contributed by atoms with Crippen molar-refractivity contribution in [1.29, 1.82) is 0 Å². The van der Waals surface area contributed by atoms with E-state index in [0.29, 0.717) is 62.8 Å². The molecule has 6 amide bonds. The molecule has 2 aromatic rings. The van der Waals surface area contributed by atoms with Crippen molar-refractivity contribution in [3.05, 3.63) is 63.9 Å². The normalized spacial score (nSPS) is 31.8. The predicted molar refractivity (Wildman–Crippen MR) is 312 cm³/mol. The van der Waals surface area contributed by atoms with Crippen molar-refractivity contribution in [1.82, 2.24) is 20.2 Å². The number of aliphatic imine (C=N–C) groups is 3. The van der Waals surface area contributed by atoms with Crippen molar-refractivity contribution in [3.63, 3.8) is 0 Å². The van der Waals surface area contributed by atoms with E-state index in [0.717, 1.165) is 11.1 Å². The minimum atomic E-state index is -5.02. The Balaban J connectivity index is 1.12. The van der Waals surface area contributed by atoms with Crippen LogP contribution in [0, 0.1) is 53.3 Å². The minimum Gasteiger partial charge on any atom is -0.394 e. The molecule has 6 aliphatic rings. The molecule has 0 radical (unpaired) electrons. The molecular weight excluding hydrogens is 1100 g/mol. The van der Waals surface area contributed by atoms with E-state index in [-0.39, 0.29) is 64.3 Å². The zero-order chi connectivity index (χ0) is 61.9. The lowest BCUT2D eigenvalue weighted by Crippen LogP contribution is -2.48. The molecule has 2 saturated heterocycles. The van der Waals surface area contributed by atoms with Gasteiger partial charge in [0.05, 0.1) is 42.2 Å². The number of hydrogen-bond donors (Lipinski definition) is 10. The highest BCUT2D eigenvalue weighted by atomic mass is 31.2. The van der Waals surface area contributed by atoms with Gasteiger partial charge in [0.1, 0.15) is 18.3 Å². The molecule has 14 atom stereocenters. The number of hydrogen-bond acceptors (Lipinski definition) is 17. The Morgan fingerprint density at radius 2 is 1.51 bits per heavy atom. The number of rotatable bonds is 23. The molecule has 2 unspecified atom stereocenters. The first-order valence-electron chi connectivity index (χ1n) is 28.6. The molecule has 25 nitrogen and oxygen atoms in total. The largest absolute Gasteiger partial charge is 0.472 e. The molecular formula is C58H83N12O13P. The first kappa shape index (κ1) is 63.5. The number of allylic oxidation sites excluding steroid dienone is 6. The van der Waals surface area contributed by atoms with E-state index >= 15 is 0 Å². The number of aryl methyl sites for hydroxylation is 2. The van der Waals surface area contributed by atoms with Gasteiger partial charge in [-0.15, -0.1) is 0 Å². The molecule has 0 saturated carbocycles. The van der Waals surface area contributed by atoms with E-state index in [2.05, 4.69) is 15.6 Å². The number of benzene rings is 1. The number of nitrogens with zero attached hydrogens (tertiary/aromatic N) is 5. The summed E-state index contributed by atoms with van der Waals surface area (Å²) in [6, 6.07) is 1.94. The molecule has 2 fully saturated rings. The van der Waals surface area contributed by atoms with E-state index in [9.17, 15) is 48.4 Å². The molecule has 26 heteroatoms. The van der Waals surface area contributed by atoms with Crippen LogP contribution in [0.1, 0.15) is 137 Å².